The highest BCUT2D eigenvalue weighted by Crippen LogP contribution is 2.41. The molecule has 5 nitrogen and oxygen atoms in total. The summed E-state index contributed by atoms with van der Waals surface area (Å²) in [6.07, 6.45) is 0. The van der Waals surface area contributed by atoms with Gasteiger partial charge in [0.15, 0.2) is 0 Å². The molecule has 1 amide bonds. The highest BCUT2D eigenvalue weighted by Gasteiger charge is 2.32. The molecule has 0 saturated carbocycles. The number of benzene rings is 2. The Hall–Kier alpha value is -2.63. The first-order valence-electron chi connectivity index (χ1n) is 9.32. The number of likely N-dealkylation sites (N-methyl/N-ethyl adjacent to an activating group) is 1. The number of hydrogen-bond donors (Lipinski definition) is 1. The molecule has 0 radical (unpaired) electrons. The second kappa shape index (κ2) is 7.55. The Balaban J connectivity index is 1.63. The van der Waals surface area contributed by atoms with Gasteiger partial charge in [-0.3, -0.25) is 9.69 Å². The zero-order valence-electron chi connectivity index (χ0n) is 15.7. The molecule has 2 aliphatic heterocycles. The van der Waals surface area contributed by atoms with Crippen LogP contribution in [-0.4, -0.2) is 37.6 Å². The number of hydrogen-bond acceptors (Lipinski definition) is 4. The minimum absolute atomic E-state index is 0.0974. The Morgan fingerprint density at radius 3 is 2.85 bits per heavy atom. The molecule has 0 spiro atoms. The first-order valence-corrected chi connectivity index (χ1v) is 9.32. The van der Waals surface area contributed by atoms with Gasteiger partial charge in [-0.15, -0.1) is 0 Å². The smallest absolute Gasteiger partial charge is 0.260 e. The number of amides is 1. The number of fused-ring (bicyclic) bond motifs is 2. The van der Waals surface area contributed by atoms with Gasteiger partial charge in [-0.2, -0.15) is 0 Å². The van der Waals surface area contributed by atoms with Crippen molar-refractivity contribution in [1.82, 2.24) is 4.90 Å². The number of carbonyl (C=O) groups is 1. The van der Waals surface area contributed by atoms with E-state index in [-0.39, 0.29) is 5.91 Å². The molecular weight excluding hydrogens is 340 g/mol. The summed E-state index contributed by atoms with van der Waals surface area (Å²) in [7, 11) is 1.73. The van der Waals surface area contributed by atoms with E-state index in [1.807, 2.05) is 24.3 Å². The predicted molar refractivity (Wildman–Crippen MR) is 106 cm³/mol. The van der Waals surface area contributed by atoms with E-state index < -0.39 is 0 Å². The molecule has 1 N–H and O–H groups in total. The van der Waals surface area contributed by atoms with Crippen molar-refractivity contribution < 1.29 is 14.3 Å². The monoisotopic (exact) mass is 364 g/mol. The number of nitrogens with one attached hydrogen (secondary N) is 1. The van der Waals surface area contributed by atoms with Crippen LogP contribution in [-0.2, 0) is 27.4 Å². The first-order chi connectivity index (χ1) is 13.2. The third kappa shape index (κ3) is 3.36. The fraction of sp³-hybridized carbons (Fsp3) is 0.318. The SMILES string of the molecule is CCN(CCOC)Cc1ccc2c(c1)CO/C2=C1/C(=O)Nc2ccccc21. The van der Waals surface area contributed by atoms with Crippen LogP contribution >= 0.6 is 0 Å². The van der Waals surface area contributed by atoms with E-state index >= 15 is 0 Å². The molecule has 2 aliphatic rings. The lowest BCUT2D eigenvalue weighted by atomic mass is 9.99. The zero-order chi connectivity index (χ0) is 18.8. The molecule has 2 aromatic rings. The number of nitrogens with zero attached hydrogens (tertiary/aromatic N) is 1. The van der Waals surface area contributed by atoms with Crippen LogP contribution in [0, 0.1) is 0 Å². The lowest BCUT2D eigenvalue weighted by molar-refractivity contribution is -0.110. The Morgan fingerprint density at radius 1 is 1.19 bits per heavy atom. The van der Waals surface area contributed by atoms with Gasteiger partial charge in [0.1, 0.15) is 12.4 Å². The van der Waals surface area contributed by atoms with E-state index in [0.717, 1.165) is 48.6 Å². The van der Waals surface area contributed by atoms with Crippen molar-refractivity contribution in [3.63, 3.8) is 0 Å². The van der Waals surface area contributed by atoms with Crippen molar-refractivity contribution in [2.24, 2.45) is 0 Å². The van der Waals surface area contributed by atoms with Gasteiger partial charge in [0.25, 0.3) is 5.91 Å². The largest absolute Gasteiger partial charge is 0.487 e. The second-order valence-corrected chi connectivity index (χ2v) is 6.85. The summed E-state index contributed by atoms with van der Waals surface area (Å²) in [4.78, 5) is 14.9. The van der Waals surface area contributed by atoms with Crippen LogP contribution in [0.2, 0.25) is 0 Å². The maximum absolute atomic E-state index is 12.5. The molecule has 0 fully saturated rings. The van der Waals surface area contributed by atoms with Crippen molar-refractivity contribution in [2.75, 3.05) is 32.1 Å². The van der Waals surface area contributed by atoms with Crippen LogP contribution in [0.15, 0.2) is 42.5 Å². The van der Waals surface area contributed by atoms with E-state index in [9.17, 15) is 4.79 Å². The molecule has 4 rings (SSSR count). The topological polar surface area (TPSA) is 50.8 Å². The van der Waals surface area contributed by atoms with Crippen molar-refractivity contribution in [3.8, 4) is 0 Å². The standard InChI is InChI=1S/C22H24N2O3/c1-3-24(10-11-26-2)13-15-8-9-17-16(12-15)14-27-21(17)20-18-6-4-5-7-19(18)23-22(20)25/h4-9,12H,3,10-11,13-14H2,1-2H3,(H,23,25)/b21-20+. The highest BCUT2D eigenvalue weighted by atomic mass is 16.5. The molecule has 2 heterocycles. The molecule has 0 unspecified atom stereocenters. The molecule has 0 saturated heterocycles. The van der Waals surface area contributed by atoms with Gasteiger partial charge < -0.3 is 14.8 Å². The maximum atomic E-state index is 12.5. The van der Waals surface area contributed by atoms with Crippen molar-refractivity contribution in [2.45, 2.75) is 20.1 Å². The van der Waals surface area contributed by atoms with Crippen LogP contribution in [0.3, 0.4) is 0 Å². The van der Waals surface area contributed by atoms with Gasteiger partial charge in [0.2, 0.25) is 0 Å². The Labute approximate surface area is 159 Å². The molecule has 0 aliphatic carbocycles. The van der Waals surface area contributed by atoms with Gasteiger partial charge in [-0.1, -0.05) is 43.3 Å². The number of para-hydroxylation sites is 1. The van der Waals surface area contributed by atoms with Crippen molar-refractivity contribution in [3.05, 3.63) is 64.7 Å². The molecule has 27 heavy (non-hydrogen) atoms. The summed E-state index contributed by atoms with van der Waals surface area (Å²) in [5.74, 6) is 0.589. The fourth-order valence-electron chi connectivity index (χ4n) is 3.69. The molecule has 2 aromatic carbocycles. The highest BCUT2D eigenvalue weighted by molar-refractivity contribution is 6.36. The number of methoxy groups -OCH3 is 1. The van der Waals surface area contributed by atoms with E-state index in [0.29, 0.717) is 17.9 Å². The lowest BCUT2D eigenvalue weighted by Crippen LogP contribution is -2.26. The summed E-state index contributed by atoms with van der Waals surface area (Å²) in [6, 6.07) is 14.1. The summed E-state index contributed by atoms with van der Waals surface area (Å²) in [5.41, 5.74) is 5.78. The second-order valence-electron chi connectivity index (χ2n) is 6.85. The number of anilines is 1. The maximum Gasteiger partial charge on any atom is 0.260 e. The summed E-state index contributed by atoms with van der Waals surface area (Å²) >= 11 is 0. The first kappa shape index (κ1) is 17.8. The van der Waals surface area contributed by atoms with Crippen LogP contribution in [0.5, 0.6) is 0 Å². The van der Waals surface area contributed by atoms with Gasteiger partial charge in [-0.25, -0.2) is 0 Å². The predicted octanol–water partition coefficient (Wildman–Crippen LogP) is 3.51. The minimum Gasteiger partial charge on any atom is -0.487 e. The third-order valence-electron chi connectivity index (χ3n) is 5.15. The van der Waals surface area contributed by atoms with E-state index in [2.05, 4.69) is 35.3 Å². The molecular formula is C22H24N2O3. The summed E-state index contributed by atoms with van der Waals surface area (Å²) < 4.78 is 11.2. The molecule has 0 aromatic heterocycles. The van der Waals surface area contributed by atoms with Crippen LogP contribution in [0.1, 0.15) is 29.2 Å². The van der Waals surface area contributed by atoms with Gasteiger partial charge in [0.05, 0.1) is 12.2 Å². The molecule has 5 heteroatoms. The molecule has 140 valence electrons. The van der Waals surface area contributed by atoms with E-state index in [1.54, 1.807) is 7.11 Å². The van der Waals surface area contributed by atoms with E-state index in [1.165, 1.54) is 5.56 Å². The Kier molecular flexibility index (Phi) is 4.97. The normalized spacial score (nSPS) is 17.7. The average molecular weight is 364 g/mol. The summed E-state index contributed by atoms with van der Waals surface area (Å²) in [5, 5.41) is 2.92. The summed E-state index contributed by atoms with van der Waals surface area (Å²) in [6.45, 7) is 6.15. The Bertz CT molecular complexity index is 904. The fourth-order valence-corrected chi connectivity index (χ4v) is 3.69. The van der Waals surface area contributed by atoms with Crippen LogP contribution < -0.4 is 5.32 Å². The average Bonchev–Trinajstić information content (AvgIpc) is 3.24. The Morgan fingerprint density at radius 2 is 2.04 bits per heavy atom. The minimum atomic E-state index is -0.0974. The van der Waals surface area contributed by atoms with Crippen LogP contribution in [0.25, 0.3) is 11.3 Å². The number of rotatable bonds is 6. The van der Waals surface area contributed by atoms with Crippen molar-refractivity contribution in [1.29, 1.82) is 0 Å². The number of carbonyl (C=O) groups excluding carboxylic acids is 1. The van der Waals surface area contributed by atoms with Gasteiger partial charge in [0, 0.05) is 42.6 Å². The molecule has 0 atom stereocenters. The van der Waals surface area contributed by atoms with Gasteiger partial charge in [-0.05, 0) is 18.2 Å². The third-order valence-corrected chi connectivity index (χ3v) is 5.15. The lowest BCUT2D eigenvalue weighted by Gasteiger charge is -2.20. The van der Waals surface area contributed by atoms with Gasteiger partial charge >= 0.3 is 0 Å². The zero-order valence-corrected chi connectivity index (χ0v) is 15.7. The molecule has 0 bridgehead atoms. The van der Waals surface area contributed by atoms with E-state index in [4.69, 9.17) is 9.47 Å². The quantitative estimate of drug-likeness (QED) is 0.797. The number of ether oxygens (including phenoxy) is 2. The van der Waals surface area contributed by atoms with Crippen molar-refractivity contribution >= 4 is 22.9 Å². The van der Waals surface area contributed by atoms with Crippen LogP contribution in [0.4, 0.5) is 5.69 Å².